The van der Waals surface area contributed by atoms with Gasteiger partial charge in [-0.3, -0.25) is 4.79 Å². The van der Waals surface area contributed by atoms with E-state index in [1.807, 2.05) is 6.07 Å². The number of ether oxygens (including phenoxy) is 1. The minimum Gasteiger partial charge on any atom is -0.484 e. The molecule has 4 heteroatoms. The molecular weight excluding hydrogens is 425 g/mol. The molecule has 0 amide bonds. The lowest BCUT2D eigenvalue weighted by atomic mass is 9.47. The van der Waals surface area contributed by atoms with Gasteiger partial charge in [-0.15, -0.1) is 0 Å². The molecule has 0 saturated heterocycles. The van der Waals surface area contributed by atoms with Crippen molar-refractivity contribution in [3.63, 3.8) is 0 Å². The molecule has 1 aromatic carbocycles. The summed E-state index contributed by atoms with van der Waals surface area (Å²) < 4.78 is 19.3. The van der Waals surface area contributed by atoms with Crippen molar-refractivity contribution in [2.45, 2.75) is 65.7 Å². The summed E-state index contributed by atoms with van der Waals surface area (Å²) >= 11 is 0. The summed E-state index contributed by atoms with van der Waals surface area (Å²) in [5, 5.41) is 9.32. The Morgan fingerprint density at radius 3 is 2.71 bits per heavy atom. The minimum atomic E-state index is -0.463. The van der Waals surface area contributed by atoms with Gasteiger partial charge >= 0.3 is 0 Å². The molecule has 5 fully saturated rings. The molecule has 34 heavy (non-hydrogen) atoms. The first kappa shape index (κ1) is 22.6. The second-order valence-corrected chi connectivity index (χ2v) is 12.8. The summed E-state index contributed by atoms with van der Waals surface area (Å²) in [6.07, 6.45) is 9.50. The van der Waals surface area contributed by atoms with Crippen LogP contribution >= 0.6 is 0 Å². The normalized spacial score (nSPS) is 46.3. The SMILES string of the molecule is C[C@H]1CC[C@H]2[C@H](CC[C@H]3C4[C@@H]5[C@H](C)[C@@H]5[C@H](C(=O)COc5ccc(F)cc5C#N)[C@@]4(C)CC[C@H]23)C1. The van der Waals surface area contributed by atoms with Gasteiger partial charge in [0.2, 0.25) is 0 Å². The summed E-state index contributed by atoms with van der Waals surface area (Å²) in [5.41, 5.74) is 0.235. The molecule has 0 spiro atoms. The number of ketones is 1. The van der Waals surface area contributed by atoms with E-state index in [-0.39, 0.29) is 29.3 Å². The summed E-state index contributed by atoms with van der Waals surface area (Å²) in [4.78, 5) is 13.7. The fourth-order valence-corrected chi connectivity index (χ4v) is 10.0. The van der Waals surface area contributed by atoms with Gasteiger partial charge in [0.15, 0.2) is 5.78 Å². The van der Waals surface area contributed by atoms with Gasteiger partial charge in [-0.05, 0) is 115 Å². The van der Waals surface area contributed by atoms with Gasteiger partial charge in [-0.2, -0.15) is 5.26 Å². The molecule has 1 aromatic rings. The number of nitrogens with zero attached hydrogens (tertiary/aromatic N) is 1. The Kier molecular flexibility index (Phi) is 5.36. The molecule has 182 valence electrons. The molecule has 5 aliphatic rings. The van der Waals surface area contributed by atoms with E-state index in [4.69, 9.17) is 4.74 Å². The van der Waals surface area contributed by atoms with Crippen LogP contribution in [-0.2, 0) is 4.79 Å². The number of Topliss-reactive ketones (excluding diaryl/α,β-unsaturated/α-hetero) is 1. The number of nitriles is 1. The highest BCUT2D eigenvalue weighted by Crippen LogP contribution is 2.76. The molecule has 6 rings (SSSR count). The second-order valence-electron chi connectivity index (χ2n) is 12.8. The highest BCUT2D eigenvalue weighted by Gasteiger charge is 2.73. The zero-order chi connectivity index (χ0) is 23.8. The molecule has 0 bridgehead atoms. The number of fused-ring (bicyclic) bond motifs is 7. The minimum absolute atomic E-state index is 0.0140. The van der Waals surface area contributed by atoms with Crippen molar-refractivity contribution >= 4 is 5.78 Å². The van der Waals surface area contributed by atoms with Crippen LogP contribution in [0.25, 0.3) is 0 Å². The van der Waals surface area contributed by atoms with Gasteiger partial charge in [0.05, 0.1) is 5.56 Å². The maximum atomic E-state index is 13.7. The van der Waals surface area contributed by atoms with Gasteiger partial charge in [-0.25, -0.2) is 4.39 Å². The molecule has 11 atom stereocenters. The van der Waals surface area contributed by atoms with E-state index >= 15 is 0 Å². The molecule has 0 N–H and O–H groups in total. The van der Waals surface area contributed by atoms with Gasteiger partial charge < -0.3 is 4.74 Å². The van der Waals surface area contributed by atoms with Gasteiger partial charge in [0, 0.05) is 5.92 Å². The maximum Gasteiger partial charge on any atom is 0.174 e. The average Bonchev–Trinajstić information content (AvgIpc) is 3.34. The van der Waals surface area contributed by atoms with Gasteiger partial charge in [0.25, 0.3) is 0 Å². The van der Waals surface area contributed by atoms with E-state index in [1.54, 1.807) is 0 Å². The van der Waals surface area contributed by atoms with E-state index in [0.29, 0.717) is 29.4 Å². The molecule has 5 aliphatic carbocycles. The van der Waals surface area contributed by atoms with Crippen molar-refractivity contribution in [3.05, 3.63) is 29.6 Å². The lowest BCUT2D eigenvalue weighted by Crippen LogP contribution is -2.51. The summed E-state index contributed by atoms with van der Waals surface area (Å²) in [6.45, 7) is 7.21. The number of carbonyl (C=O) groups is 1. The molecule has 0 heterocycles. The zero-order valence-corrected chi connectivity index (χ0v) is 20.8. The van der Waals surface area contributed by atoms with E-state index in [0.717, 1.165) is 29.6 Å². The maximum absolute atomic E-state index is 13.7. The number of rotatable bonds is 4. The van der Waals surface area contributed by atoms with Crippen molar-refractivity contribution in [1.82, 2.24) is 0 Å². The third-order valence-corrected chi connectivity index (χ3v) is 11.3. The third kappa shape index (κ3) is 3.29. The van der Waals surface area contributed by atoms with Crippen molar-refractivity contribution in [1.29, 1.82) is 5.26 Å². The predicted octanol–water partition coefficient (Wildman–Crippen LogP) is 6.65. The van der Waals surface area contributed by atoms with Gasteiger partial charge in [0.1, 0.15) is 24.2 Å². The van der Waals surface area contributed by atoms with Crippen molar-refractivity contribution in [2.24, 2.45) is 64.6 Å². The number of carbonyl (C=O) groups excluding carboxylic acids is 1. The highest BCUT2D eigenvalue weighted by molar-refractivity contribution is 5.85. The summed E-state index contributed by atoms with van der Waals surface area (Å²) in [6, 6.07) is 5.92. The second kappa shape index (κ2) is 8.07. The van der Waals surface area contributed by atoms with Crippen LogP contribution in [0.3, 0.4) is 0 Å². The van der Waals surface area contributed by atoms with Crippen LogP contribution in [0, 0.1) is 81.7 Å². The number of benzene rings is 1. The molecule has 1 unspecified atom stereocenters. The van der Waals surface area contributed by atoms with Crippen LogP contribution in [0.1, 0.15) is 71.3 Å². The number of halogens is 1. The highest BCUT2D eigenvalue weighted by atomic mass is 19.1. The Balaban J connectivity index is 1.21. The van der Waals surface area contributed by atoms with Crippen LogP contribution in [-0.4, -0.2) is 12.4 Å². The Hall–Kier alpha value is -1.89. The largest absolute Gasteiger partial charge is 0.484 e. The van der Waals surface area contributed by atoms with Gasteiger partial charge in [-0.1, -0.05) is 27.2 Å². The Morgan fingerprint density at radius 2 is 1.91 bits per heavy atom. The Bertz CT molecular complexity index is 1030. The standard InChI is InChI=1S/C30H38FNO2/c1-16-4-7-21-18(12-16)5-8-23-22(21)10-11-30(3)28(23)26-17(2)27(26)29(30)24(33)15-34-25-9-6-20(31)13-19(25)14-32/h6,9,13,16-18,21-23,26-29H,4-5,7-8,10-12,15H2,1-3H3/t16-,17-,18+,21-,22+,23+,26+,27-,28?,29-,30-/m0/s1. The van der Waals surface area contributed by atoms with Crippen LogP contribution < -0.4 is 4.74 Å². The molecule has 5 saturated carbocycles. The molecule has 0 radical (unpaired) electrons. The van der Waals surface area contributed by atoms with Crippen LogP contribution in [0.4, 0.5) is 4.39 Å². The van der Waals surface area contributed by atoms with Crippen LogP contribution in [0.15, 0.2) is 18.2 Å². The first-order valence-electron chi connectivity index (χ1n) is 13.7. The van der Waals surface area contributed by atoms with Crippen LogP contribution in [0.2, 0.25) is 0 Å². The predicted molar refractivity (Wildman–Crippen MR) is 128 cm³/mol. The first-order valence-corrected chi connectivity index (χ1v) is 13.7. The molecule has 0 aliphatic heterocycles. The lowest BCUT2D eigenvalue weighted by Gasteiger charge is -2.57. The topological polar surface area (TPSA) is 50.1 Å². The molecular formula is C30H38FNO2. The fourth-order valence-electron chi connectivity index (χ4n) is 10.0. The fraction of sp³-hybridized carbons (Fsp3) is 0.733. The quantitative estimate of drug-likeness (QED) is 0.502. The first-order chi connectivity index (χ1) is 16.3. The van der Waals surface area contributed by atoms with E-state index < -0.39 is 5.82 Å². The lowest BCUT2D eigenvalue weighted by molar-refractivity contribution is -0.136. The van der Waals surface area contributed by atoms with Crippen molar-refractivity contribution < 1.29 is 13.9 Å². The Labute approximate surface area is 203 Å². The zero-order valence-electron chi connectivity index (χ0n) is 20.8. The van der Waals surface area contributed by atoms with Crippen molar-refractivity contribution in [2.75, 3.05) is 6.61 Å². The van der Waals surface area contributed by atoms with E-state index in [2.05, 4.69) is 20.8 Å². The van der Waals surface area contributed by atoms with E-state index in [1.165, 1.54) is 63.1 Å². The summed E-state index contributed by atoms with van der Waals surface area (Å²) in [5.74, 6) is 7.06. The number of hydrogen-bond acceptors (Lipinski definition) is 3. The molecule has 3 nitrogen and oxygen atoms in total. The van der Waals surface area contributed by atoms with E-state index in [9.17, 15) is 14.4 Å². The number of hydrogen-bond donors (Lipinski definition) is 0. The third-order valence-electron chi connectivity index (χ3n) is 11.3. The average molecular weight is 464 g/mol. The monoisotopic (exact) mass is 463 g/mol. The van der Waals surface area contributed by atoms with Crippen molar-refractivity contribution in [3.8, 4) is 11.8 Å². The summed E-state index contributed by atoms with van der Waals surface area (Å²) in [7, 11) is 0. The van der Waals surface area contributed by atoms with Crippen LogP contribution in [0.5, 0.6) is 5.75 Å². The molecule has 0 aromatic heterocycles. The Morgan fingerprint density at radius 1 is 1.12 bits per heavy atom. The smallest absolute Gasteiger partial charge is 0.174 e.